The van der Waals surface area contributed by atoms with E-state index in [4.69, 9.17) is 0 Å². The second kappa shape index (κ2) is 13.2. The molecule has 0 aliphatic heterocycles. The van der Waals surface area contributed by atoms with Gasteiger partial charge in [0.1, 0.15) is 0 Å². The summed E-state index contributed by atoms with van der Waals surface area (Å²) in [4.78, 5) is 29.5. The first kappa shape index (κ1) is 37.4. The SMILES string of the molecule is C=C(C)[C@@H]1CC[C@]2(NC(=O)N(CCO)CCN(C)C)CC[C@]3(C)[C@H](CC[C@@H]4[C@@]5(C)CCC(c6ccc(C(=O)O)cc6)C(C)(C)[C@@H]5CC[C@]43C)[C@@H]12. The minimum absolute atomic E-state index is 0.0126. The molecule has 50 heavy (non-hydrogen) atoms. The molecule has 5 saturated carbocycles. The van der Waals surface area contributed by atoms with Crippen molar-refractivity contribution in [3.8, 4) is 0 Å². The lowest BCUT2D eigenvalue weighted by Crippen LogP contribution is -2.69. The molecule has 7 heteroatoms. The predicted octanol–water partition coefficient (Wildman–Crippen LogP) is 8.44. The monoisotopic (exact) mass is 690 g/mol. The molecule has 3 N–H and O–H groups in total. The van der Waals surface area contributed by atoms with Gasteiger partial charge in [-0.1, -0.05) is 58.9 Å². The largest absolute Gasteiger partial charge is 0.478 e. The maximum atomic E-state index is 14.0. The molecule has 5 aliphatic carbocycles. The predicted molar refractivity (Wildman–Crippen MR) is 201 cm³/mol. The number of carbonyl (C=O) groups excluding carboxylic acids is 1. The summed E-state index contributed by atoms with van der Waals surface area (Å²) in [6, 6.07) is 7.73. The normalized spacial score (nSPS) is 40.2. The first-order valence-corrected chi connectivity index (χ1v) is 19.8. The van der Waals surface area contributed by atoms with Gasteiger partial charge in [-0.2, -0.15) is 0 Å². The smallest absolute Gasteiger partial charge is 0.335 e. The summed E-state index contributed by atoms with van der Waals surface area (Å²) in [6.07, 6.45) is 11.6. The zero-order chi connectivity index (χ0) is 36.4. The average molecular weight is 690 g/mol. The van der Waals surface area contributed by atoms with Crippen LogP contribution >= 0.6 is 0 Å². The third kappa shape index (κ3) is 5.76. The summed E-state index contributed by atoms with van der Waals surface area (Å²) in [6.45, 7) is 21.5. The van der Waals surface area contributed by atoms with Crippen LogP contribution in [0.25, 0.3) is 0 Å². The molecule has 278 valence electrons. The van der Waals surface area contributed by atoms with Crippen molar-refractivity contribution in [1.82, 2.24) is 15.1 Å². The first-order valence-electron chi connectivity index (χ1n) is 19.8. The highest BCUT2D eigenvalue weighted by molar-refractivity contribution is 5.87. The van der Waals surface area contributed by atoms with Gasteiger partial charge >= 0.3 is 12.0 Å². The number of likely N-dealkylation sites (N-methyl/N-ethyl adjacent to an activating group) is 1. The second-order valence-corrected chi connectivity index (χ2v) is 19.1. The van der Waals surface area contributed by atoms with Crippen molar-refractivity contribution in [3.05, 3.63) is 47.5 Å². The van der Waals surface area contributed by atoms with Gasteiger partial charge in [0, 0.05) is 25.2 Å². The molecule has 5 aliphatic rings. The number of amides is 2. The molecule has 5 fully saturated rings. The Balaban J connectivity index is 1.28. The molecule has 7 nitrogen and oxygen atoms in total. The fourth-order valence-corrected chi connectivity index (χ4v) is 13.9. The van der Waals surface area contributed by atoms with E-state index < -0.39 is 5.97 Å². The fraction of sp³-hybridized carbons (Fsp3) is 0.767. The van der Waals surface area contributed by atoms with Crippen LogP contribution in [0.15, 0.2) is 36.4 Å². The summed E-state index contributed by atoms with van der Waals surface area (Å²) in [5.41, 5.74) is 3.49. The number of carboxylic acid groups (broad SMARTS) is 1. The number of urea groups is 1. The highest BCUT2D eigenvalue weighted by atomic mass is 16.4. The number of aliphatic hydroxyl groups excluding tert-OH is 1. The Hall–Kier alpha value is -2.38. The Labute approximate surface area is 302 Å². The van der Waals surface area contributed by atoms with E-state index in [9.17, 15) is 19.8 Å². The molecule has 0 saturated heterocycles. The molecule has 1 unspecified atom stereocenters. The summed E-state index contributed by atoms with van der Waals surface area (Å²) in [7, 11) is 4.05. The number of carboxylic acids is 1. The number of aromatic carboxylic acids is 1. The highest BCUT2D eigenvalue weighted by Crippen LogP contribution is 2.77. The summed E-state index contributed by atoms with van der Waals surface area (Å²) < 4.78 is 0. The van der Waals surface area contributed by atoms with Crippen LogP contribution in [-0.4, -0.2) is 77.9 Å². The third-order valence-corrected chi connectivity index (χ3v) is 16.5. The minimum Gasteiger partial charge on any atom is -0.478 e. The molecule has 0 radical (unpaired) electrons. The lowest BCUT2D eigenvalue weighted by Gasteiger charge is -2.73. The minimum atomic E-state index is -0.860. The van der Waals surface area contributed by atoms with Crippen LogP contribution in [-0.2, 0) is 0 Å². The van der Waals surface area contributed by atoms with E-state index in [0.717, 1.165) is 38.6 Å². The lowest BCUT2D eigenvalue weighted by molar-refractivity contribution is -0.233. The Morgan fingerprint density at radius 2 is 1.54 bits per heavy atom. The van der Waals surface area contributed by atoms with Gasteiger partial charge in [0.05, 0.1) is 12.2 Å². The van der Waals surface area contributed by atoms with Crippen molar-refractivity contribution in [2.24, 2.45) is 51.2 Å². The van der Waals surface area contributed by atoms with Crippen LogP contribution in [0, 0.1) is 51.2 Å². The molecule has 1 aromatic rings. The van der Waals surface area contributed by atoms with Crippen molar-refractivity contribution in [1.29, 1.82) is 0 Å². The van der Waals surface area contributed by atoms with Gasteiger partial charge in [-0.3, -0.25) is 0 Å². The van der Waals surface area contributed by atoms with Crippen molar-refractivity contribution in [3.63, 3.8) is 0 Å². The van der Waals surface area contributed by atoms with Gasteiger partial charge in [-0.05, 0) is 160 Å². The number of fused-ring (bicyclic) bond motifs is 7. The van der Waals surface area contributed by atoms with Crippen LogP contribution in [0.2, 0.25) is 0 Å². The zero-order valence-electron chi connectivity index (χ0n) is 32.5. The number of benzene rings is 1. The van der Waals surface area contributed by atoms with E-state index in [1.807, 2.05) is 19.0 Å². The number of nitrogens with zero attached hydrogens (tertiary/aromatic N) is 2. The third-order valence-electron chi connectivity index (χ3n) is 16.5. The Morgan fingerprint density at radius 1 is 0.840 bits per heavy atom. The number of hydrogen-bond acceptors (Lipinski definition) is 4. The first-order chi connectivity index (χ1) is 23.4. The highest BCUT2D eigenvalue weighted by Gasteiger charge is 2.71. The Bertz CT molecular complexity index is 1460. The molecule has 0 heterocycles. The van der Waals surface area contributed by atoms with Crippen LogP contribution in [0.1, 0.15) is 128 Å². The maximum Gasteiger partial charge on any atom is 0.335 e. The van der Waals surface area contributed by atoms with Crippen LogP contribution < -0.4 is 5.32 Å². The van der Waals surface area contributed by atoms with E-state index in [2.05, 4.69) is 70.5 Å². The van der Waals surface area contributed by atoms with E-state index in [0.29, 0.717) is 54.2 Å². The molecule has 1 aromatic carbocycles. The summed E-state index contributed by atoms with van der Waals surface area (Å²) in [5.74, 6) is 2.17. The second-order valence-electron chi connectivity index (χ2n) is 19.1. The Kier molecular flexibility index (Phi) is 9.89. The molecule has 0 spiro atoms. The van der Waals surface area contributed by atoms with Crippen molar-refractivity contribution in [2.45, 2.75) is 117 Å². The molecule has 6 rings (SSSR count). The lowest BCUT2D eigenvalue weighted by atomic mass is 9.32. The van der Waals surface area contributed by atoms with E-state index in [1.54, 1.807) is 12.1 Å². The standard InChI is InChI=1S/C43H67N3O4/c1-28(2)31-16-21-43(44-38(50)46(26-27-47)25-24-45(8)9)23-22-41(6)33(36(31)43)14-15-35-40(5)19-17-32(29-10-12-30(13-11-29)37(48)49)39(3,4)34(40)18-20-42(35,41)7/h10-13,31-36,47H,1,14-27H2,2-9H3,(H,44,50)(H,48,49)/t31-,32?,33+,34-,35+,36+,40-,41+,42+,43-/m0/s1. The summed E-state index contributed by atoms with van der Waals surface area (Å²) in [5, 5.41) is 23.1. The number of allylic oxidation sites excluding steroid dienone is 1. The number of aliphatic hydroxyl groups is 1. The van der Waals surface area contributed by atoms with Crippen molar-refractivity contribution in [2.75, 3.05) is 40.3 Å². The van der Waals surface area contributed by atoms with Crippen molar-refractivity contribution < 1.29 is 19.8 Å². The van der Waals surface area contributed by atoms with Gasteiger partial charge in [0.25, 0.3) is 0 Å². The molecule has 2 amide bonds. The van der Waals surface area contributed by atoms with Gasteiger partial charge in [-0.25, -0.2) is 9.59 Å². The van der Waals surface area contributed by atoms with Gasteiger partial charge in [0.15, 0.2) is 0 Å². The van der Waals surface area contributed by atoms with Gasteiger partial charge in [0.2, 0.25) is 0 Å². The van der Waals surface area contributed by atoms with E-state index in [1.165, 1.54) is 43.2 Å². The molecule has 0 aromatic heterocycles. The van der Waals surface area contributed by atoms with E-state index >= 15 is 0 Å². The van der Waals surface area contributed by atoms with Crippen LogP contribution in [0.5, 0.6) is 0 Å². The van der Waals surface area contributed by atoms with Crippen LogP contribution in [0.3, 0.4) is 0 Å². The molecular formula is C43H67N3O4. The quantitative estimate of drug-likeness (QED) is 0.226. The van der Waals surface area contributed by atoms with Crippen LogP contribution in [0.4, 0.5) is 4.79 Å². The Morgan fingerprint density at radius 3 is 2.16 bits per heavy atom. The topological polar surface area (TPSA) is 93.1 Å². The number of carbonyl (C=O) groups is 2. The number of hydrogen-bond donors (Lipinski definition) is 3. The molecule has 0 bridgehead atoms. The maximum absolute atomic E-state index is 14.0. The van der Waals surface area contributed by atoms with Gasteiger partial charge in [-0.15, -0.1) is 0 Å². The zero-order valence-corrected chi connectivity index (χ0v) is 32.5. The van der Waals surface area contributed by atoms with Crippen molar-refractivity contribution >= 4 is 12.0 Å². The van der Waals surface area contributed by atoms with E-state index in [-0.39, 0.29) is 39.8 Å². The average Bonchev–Trinajstić information content (AvgIpc) is 3.42. The fourth-order valence-electron chi connectivity index (χ4n) is 13.9. The number of rotatable bonds is 9. The molecular weight excluding hydrogens is 622 g/mol. The van der Waals surface area contributed by atoms with Gasteiger partial charge < -0.3 is 25.3 Å². The molecule has 10 atom stereocenters. The number of nitrogens with one attached hydrogen (secondary N) is 1. The summed E-state index contributed by atoms with van der Waals surface area (Å²) >= 11 is 0.